The Kier molecular flexibility index (Phi) is 0.442. The zero-order valence-corrected chi connectivity index (χ0v) is 2.93. The molecular weight excluding hydrogens is 82.0 g/mol. The standard InChI is InChI=1S/C3H7NO2/c1-2(4)3(5)6/h2H,4H2,1H3,(H,5,6)/t2-/m1/s1/i1D3,2D. The summed E-state index contributed by atoms with van der Waals surface area (Å²) in [6.07, 6.45) is 0. The van der Waals surface area contributed by atoms with E-state index in [1.165, 1.54) is 0 Å². The molecule has 3 N–H and O–H groups in total. The van der Waals surface area contributed by atoms with Crippen LogP contribution in [0.15, 0.2) is 0 Å². The fraction of sp³-hybridized carbons (Fsp3) is 0.667. The Morgan fingerprint density at radius 1 is 2.50 bits per heavy atom. The molecule has 3 heteroatoms. The fourth-order valence-corrected chi connectivity index (χ4v) is 0. The quantitative estimate of drug-likeness (QED) is 0.455. The van der Waals surface area contributed by atoms with Gasteiger partial charge in [-0.2, -0.15) is 0 Å². The molecule has 36 valence electrons. The van der Waals surface area contributed by atoms with Crippen LogP contribution in [0.25, 0.3) is 0 Å². The van der Waals surface area contributed by atoms with Crippen LogP contribution in [0.1, 0.15) is 12.3 Å². The van der Waals surface area contributed by atoms with Crippen molar-refractivity contribution in [3.8, 4) is 0 Å². The van der Waals surface area contributed by atoms with E-state index in [0.29, 0.717) is 0 Å². The number of rotatable bonds is 1. The van der Waals surface area contributed by atoms with Crippen LogP contribution >= 0.6 is 0 Å². The van der Waals surface area contributed by atoms with Crippen molar-refractivity contribution in [3.05, 3.63) is 0 Å². The molecule has 3 nitrogen and oxygen atoms in total. The molecule has 0 unspecified atom stereocenters. The largest absolute Gasteiger partial charge is 0.480 e. The number of hydrogen-bond donors (Lipinski definition) is 2. The van der Waals surface area contributed by atoms with Crippen molar-refractivity contribution >= 4 is 5.97 Å². The number of carbonyl (C=O) groups is 1. The molecule has 0 aliphatic heterocycles. The SMILES string of the molecule is [2H]C([2H])([2H])[C@@]([2H])(N)C(=O)O. The highest BCUT2D eigenvalue weighted by Crippen LogP contribution is 1.68. The minimum Gasteiger partial charge on any atom is -0.480 e. The third kappa shape index (κ3) is 1.72. The molecule has 6 heavy (non-hydrogen) atoms. The number of carboxylic acid groups (broad SMARTS) is 1. The zero-order chi connectivity index (χ0) is 8.58. The number of aliphatic carboxylic acids is 1. The molecule has 1 atom stereocenters. The Labute approximate surface area is 41.4 Å². The summed E-state index contributed by atoms with van der Waals surface area (Å²) in [7, 11) is 0. The van der Waals surface area contributed by atoms with E-state index >= 15 is 0 Å². The lowest BCUT2D eigenvalue weighted by Gasteiger charge is -1.90. The van der Waals surface area contributed by atoms with Crippen molar-refractivity contribution in [1.82, 2.24) is 0 Å². The lowest BCUT2D eigenvalue weighted by atomic mass is 10.4. The average Bonchev–Trinajstić information content (AvgIpc) is 1.62. The molecule has 0 fully saturated rings. The maximum atomic E-state index is 10.00. The summed E-state index contributed by atoms with van der Waals surface area (Å²) in [6.45, 7) is -2.99. The van der Waals surface area contributed by atoms with Gasteiger partial charge in [0.25, 0.3) is 0 Å². The van der Waals surface area contributed by atoms with Crippen molar-refractivity contribution in [2.24, 2.45) is 5.73 Å². The predicted octanol–water partition coefficient (Wildman–Crippen LogP) is -0.582. The second-order valence-electron chi connectivity index (χ2n) is 0.719. The van der Waals surface area contributed by atoms with Gasteiger partial charge < -0.3 is 10.8 Å². The van der Waals surface area contributed by atoms with Crippen LogP contribution < -0.4 is 5.73 Å². The zero-order valence-electron chi connectivity index (χ0n) is 6.93. The van der Waals surface area contributed by atoms with Gasteiger partial charge in [0.1, 0.15) is 6.02 Å². The van der Waals surface area contributed by atoms with Crippen molar-refractivity contribution < 1.29 is 15.4 Å². The third-order valence-corrected chi connectivity index (χ3v) is 0.230. The number of nitrogens with two attached hydrogens (primary N) is 1. The van der Waals surface area contributed by atoms with Crippen molar-refractivity contribution in [2.45, 2.75) is 12.9 Å². The molecule has 0 aliphatic rings. The van der Waals surface area contributed by atoms with Crippen LogP contribution in [0, 0.1) is 0 Å². The first-order valence-corrected chi connectivity index (χ1v) is 1.22. The Morgan fingerprint density at radius 3 is 3.00 bits per heavy atom. The van der Waals surface area contributed by atoms with Crippen LogP contribution in [0.4, 0.5) is 0 Å². The van der Waals surface area contributed by atoms with Gasteiger partial charge in [0, 0.05) is 4.11 Å². The smallest absolute Gasteiger partial charge is 0.320 e. The molecular formula is C3H7NO2. The van der Waals surface area contributed by atoms with Gasteiger partial charge in [-0.25, -0.2) is 0 Å². The summed E-state index contributed by atoms with van der Waals surface area (Å²) >= 11 is 0. The van der Waals surface area contributed by atoms with Crippen LogP contribution in [0.3, 0.4) is 0 Å². The molecule has 0 saturated carbocycles. The molecule has 0 rings (SSSR count). The van der Waals surface area contributed by atoms with Crippen LogP contribution in [0.2, 0.25) is 0 Å². The summed E-state index contributed by atoms with van der Waals surface area (Å²) in [5.41, 5.74) is 4.64. The van der Waals surface area contributed by atoms with E-state index in [1.54, 1.807) is 0 Å². The van der Waals surface area contributed by atoms with E-state index in [0.717, 1.165) is 0 Å². The molecule has 0 heterocycles. The highest BCUT2D eigenvalue weighted by Gasteiger charge is 1.99. The minimum atomic E-state index is -2.99. The molecule has 0 aromatic heterocycles. The first-order valence-electron chi connectivity index (χ1n) is 3.22. The van der Waals surface area contributed by atoms with Gasteiger partial charge in [-0.05, 0) is 6.85 Å². The van der Waals surface area contributed by atoms with Crippen molar-refractivity contribution in [3.63, 3.8) is 0 Å². The second-order valence-corrected chi connectivity index (χ2v) is 0.719. The normalized spacial score (nSPS) is 30.8. The summed E-state index contributed by atoms with van der Waals surface area (Å²) in [4.78, 5) is 10.00. The van der Waals surface area contributed by atoms with E-state index < -0.39 is 18.8 Å². The summed E-state index contributed by atoms with van der Waals surface area (Å²) in [6, 6.07) is -2.90. The molecule has 0 amide bonds. The molecule has 0 aromatic rings. The Morgan fingerprint density at radius 2 is 3.00 bits per heavy atom. The van der Waals surface area contributed by atoms with Crippen molar-refractivity contribution in [1.29, 1.82) is 0 Å². The Bertz CT molecular complexity index is 151. The van der Waals surface area contributed by atoms with E-state index in [9.17, 15) is 4.79 Å². The fourth-order valence-electron chi connectivity index (χ4n) is 0. The molecule has 0 radical (unpaired) electrons. The van der Waals surface area contributed by atoms with Gasteiger partial charge in [-0.15, -0.1) is 0 Å². The predicted molar refractivity (Wildman–Crippen MR) is 21.3 cm³/mol. The van der Waals surface area contributed by atoms with E-state index in [4.69, 9.17) is 10.6 Å². The van der Waals surface area contributed by atoms with Gasteiger partial charge in [0.2, 0.25) is 0 Å². The molecule has 0 aromatic carbocycles. The minimum absolute atomic E-state index is 1.85. The molecule has 0 bridgehead atoms. The van der Waals surface area contributed by atoms with Crippen molar-refractivity contribution in [2.75, 3.05) is 0 Å². The summed E-state index contributed by atoms with van der Waals surface area (Å²) in [5, 5.41) is 8.10. The summed E-state index contributed by atoms with van der Waals surface area (Å²) in [5.74, 6) is -1.85. The lowest BCUT2D eigenvalue weighted by Crippen LogP contribution is -2.25. The highest BCUT2D eigenvalue weighted by atomic mass is 16.4. The van der Waals surface area contributed by atoms with Gasteiger partial charge in [0.15, 0.2) is 0 Å². The molecule has 0 saturated heterocycles. The average molecular weight is 93.1 g/mol. The second kappa shape index (κ2) is 1.77. The third-order valence-electron chi connectivity index (χ3n) is 0.230. The van der Waals surface area contributed by atoms with Gasteiger partial charge in [-0.3, -0.25) is 4.79 Å². The van der Waals surface area contributed by atoms with Gasteiger partial charge in [0.05, 0.1) is 1.37 Å². The molecule has 0 aliphatic carbocycles. The van der Waals surface area contributed by atoms with Gasteiger partial charge >= 0.3 is 5.97 Å². The lowest BCUT2D eigenvalue weighted by molar-refractivity contribution is -0.138. The van der Waals surface area contributed by atoms with E-state index in [-0.39, 0.29) is 0 Å². The van der Waals surface area contributed by atoms with Crippen LogP contribution in [-0.2, 0) is 4.79 Å². The maximum Gasteiger partial charge on any atom is 0.320 e. The molecule has 0 spiro atoms. The van der Waals surface area contributed by atoms with Crippen LogP contribution in [-0.4, -0.2) is 17.1 Å². The maximum absolute atomic E-state index is 10.00. The first-order chi connectivity index (χ1) is 4.19. The Balaban J connectivity index is 4.57. The monoisotopic (exact) mass is 93.1 g/mol. The number of carboxylic acids is 1. The summed E-state index contributed by atoms with van der Waals surface area (Å²) < 4.78 is 26.2. The van der Waals surface area contributed by atoms with E-state index in [2.05, 4.69) is 5.73 Å². The number of hydrogen-bond acceptors (Lipinski definition) is 2. The van der Waals surface area contributed by atoms with E-state index in [1.807, 2.05) is 0 Å². The topological polar surface area (TPSA) is 63.3 Å². The Hall–Kier alpha value is -0.570. The van der Waals surface area contributed by atoms with Crippen LogP contribution in [0.5, 0.6) is 0 Å². The van der Waals surface area contributed by atoms with Gasteiger partial charge in [-0.1, -0.05) is 0 Å². The first kappa shape index (κ1) is 1.50. The highest BCUT2D eigenvalue weighted by molar-refractivity contribution is 5.72.